The fraction of sp³-hybridized carbons (Fsp3) is 0.500. The number of carbonyl (C=O) groups excluding carboxylic acids is 3. The third-order valence-corrected chi connectivity index (χ3v) is 11.3. The minimum Gasteiger partial charge on any atom is -0.548 e. The van der Waals surface area contributed by atoms with Crippen molar-refractivity contribution in [2.24, 2.45) is 0 Å². The number of benzene rings is 1. The summed E-state index contributed by atoms with van der Waals surface area (Å²) in [4.78, 5) is 39.8. The zero-order valence-corrected chi connectivity index (χ0v) is 24.3. The predicted octanol–water partition coefficient (Wildman–Crippen LogP) is -0.134. The number of aromatic amines is 1. The third kappa shape index (κ3) is 4.68. The maximum Gasteiger partial charge on any atom is 1.00 e. The Labute approximate surface area is 228 Å². The second-order valence-corrected chi connectivity index (χ2v) is 16.3. The number of hydrogen-bond acceptors (Lipinski definition) is 5. The fourth-order valence-corrected chi connectivity index (χ4v) is 7.74. The third-order valence-electron chi connectivity index (χ3n) is 7.66. The molecule has 4 rings (SSSR count). The van der Waals surface area contributed by atoms with E-state index in [4.69, 9.17) is 0 Å². The summed E-state index contributed by atoms with van der Waals surface area (Å²) in [7, 11) is -1.75. The van der Waals surface area contributed by atoms with Gasteiger partial charge in [-0.05, 0) is 32.3 Å². The number of nitrogens with one attached hydrogen (secondary N) is 3. The maximum absolute atomic E-state index is 13.3. The van der Waals surface area contributed by atoms with Gasteiger partial charge in [0.15, 0.2) is 5.82 Å². The molecular weight excluding hydrogens is 473 g/mol. The van der Waals surface area contributed by atoms with Crippen LogP contribution < -0.4 is 45.3 Å². The molecule has 35 heavy (non-hydrogen) atoms. The molecule has 0 saturated heterocycles. The number of hydrogen-bond donors (Lipinski definition) is 3. The van der Waals surface area contributed by atoms with E-state index in [1.807, 2.05) is 13.8 Å². The molecule has 0 unspecified atom stereocenters. The molecule has 9 nitrogen and oxygen atoms in total. The van der Waals surface area contributed by atoms with Gasteiger partial charge in [-0.1, -0.05) is 56.4 Å². The van der Waals surface area contributed by atoms with Crippen molar-refractivity contribution in [2.45, 2.75) is 75.9 Å². The van der Waals surface area contributed by atoms with Crippen LogP contribution in [0.3, 0.4) is 0 Å². The number of aliphatic carboxylic acids is 1. The summed E-state index contributed by atoms with van der Waals surface area (Å²) in [6.07, 6.45) is 2.84. The van der Waals surface area contributed by atoms with Crippen LogP contribution in [0, 0.1) is 0 Å². The molecule has 1 saturated carbocycles. The number of aromatic nitrogens is 2. The molecule has 1 atom stereocenters. The molecular formula is C24H32N5NaO4Si. The Kier molecular flexibility index (Phi) is 7.62. The van der Waals surface area contributed by atoms with Crippen LogP contribution in [0.5, 0.6) is 0 Å². The Morgan fingerprint density at radius 3 is 2.29 bits per heavy atom. The molecule has 1 fully saturated rings. The van der Waals surface area contributed by atoms with Crippen LogP contribution in [0.1, 0.15) is 56.0 Å². The van der Waals surface area contributed by atoms with Gasteiger partial charge in [-0.15, -0.1) is 0 Å². The molecule has 2 heterocycles. The molecule has 1 aliphatic carbocycles. The van der Waals surface area contributed by atoms with Crippen LogP contribution in [0.25, 0.3) is 0 Å². The van der Waals surface area contributed by atoms with Gasteiger partial charge in [0.05, 0.1) is 37.9 Å². The number of nitrogens with zero attached hydrogens (tertiary/aromatic N) is 2. The van der Waals surface area contributed by atoms with Crippen LogP contribution in [-0.4, -0.2) is 41.1 Å². The van der Waals surface area contributed by atoms with E-state index in [1.54, 1.807) is 35.2 Å². The van der Waals surface area contributed by atoms with E-state index in [1.165, 1.54) is 0 Å². The maximum atomic E-state index is 13.3. The van der Waals surface area contributed by atoms with Crippen molar-refractivity contribution in [1.82, 2.24) is 20.4 Å². The van der Waals surface area contributed by atoms with Crippen molar-refractivity contribution in [3.63, 3.8) is 0 Å². The SMILES string of the molecule is CC1(C)c2[nH]nc(NC(=O)C3([Si](C)(C)C)CCC3)c2CN1C(=O)N[C@H](C(=O)[O-])c1ccccc1.[Na+]. The van der Waals surface area contributed by atoms with E-state index in [0.717, 1.165) is 30.5 Å². The average Bonchev–Trinajstić information content (AvgIpc) is 3.22. The van der Waals surface area contributed by atoms with E-state index in [9.17, 15) is 19.5 Å². The number of urea groups is 1. The first-order valence-electron chi connectivity index (χ1n) is 11.6. The monoisotopic (exact) mass is 505 g/mol. The van der Waals surface area contributed by atoms with Crippen LogP contribution in [-0.2, 0) is 21.7 Å². The molecule has 1 aliphatic heterocycles. The number of H-pyrrole nitrogens is 1. The zero-order chi connectivity index (χ0) is 24.9. The number of carboxylic acid groups (broad SMARTS) is 1. The standard InChI is InChI=1S/C24H33N5O4Si.Na/c1-23(2)18-16(19(28-27-18)26-21(32)24(12-9-13-24)34(3,4)5)14-29(23)22(33)25-17(20(30)31)15-10-7-6-8-11-15;/h6-8,10-11,17H,9,12-14H2,1-5H3,(H,25,33)(H,30,31)(H2,26,27,28,32);/q;+1/p-1/t17-;/m0./s1. The topological polar surface area (TPSA) is 130 Å². The summed E-state index contributed by atoms with van der Waals surface area (Å²) in [6, 6.07) is 6.62. The summed E-state index contributed by atoms with van der Waals surface area (Å²) in [5.74, 6) is -0.941. The predicted molar refractivity (Wildman–Crippen MR) is 128 cm³/mol. The number of carboxylic acids is 1. The largest absolute Gasteiger partial charge is 1.00 e. The number of carbonyl (C=O) groups is 3. The summed E-state index contributed by atoms with van der Waals surface area (Å²) in [5.41, 5.74) is 1.11. The molecule has 0 radical (unpaired) electrons. The van der Waals surface area contributed by atoms with Gasteiger partial charge in [0.2, 0.25) is 5.91 Å². The van der Waals surface area contributed by atoms with Gasteiger partial charge in [0, 0.05) is 10.6 Å². The summed E-state index contributed by atoms with van der Waals surface area (Å²) in [5, 5.41) is 24.4. The average molecular weight is 506 g/mol. The molecule has 1 aromatic carbocycles. The van der Waals surface area contributed by atoms with Crippen molar-refractivity contribution in [2.75, 3.05) is 5.32 Å². The second kappa shape index (κ2) is 9.72. The Morgan fingerprint density at radius 1 is 1.14 bits per heavy atom. The smallest absolute Gasteiger partial charge is 0.548 e. The molecule has 2 aliphatic rings. The zero-order valence-electron chi connectivity index (χ0n) is 21.3. The summed E-state index contributed by atoms with van der Waals surface area (Å²) >= 11 is 0. The minimum absolute atomic E-state index is 0. The van der Waals surface area contributed by atoms with Gasteiger partial charge < -0.3 is 25.4 Å². The van der Waals surface area contributed by atoms with Gasteiger partial charge in [-0.25, -0.2) is 4.79 Å². The molecule has 11 heteroatoms. The van der Waals surface area contributed by atoms with Crippen LogP contribution in [0.15, 0.2) is 30.3 Å². The van der Waals surface area contributed by atoms with Gasteiger partial charge in [-0.2, -0.15) is 5.10 Å². The fourth-order valence-electron chi connectivity index (χ4n) is 5.15. The van der Waals surface area contributed by atoms with Gasteiger partial charge in [0.25, 0.3) is 0 Å². The van der Waals surface area contributed by atoms with E-state index >= 15 is 0 Å². The van der Waals surface area contributed by atoms with Crippen LogP contribution in [0.4, 0.5) is 10.6 Å². The summed E-state index contributed by atoms with van der Waals surface area (Å²) < 4.78 is 0. The van der Waals surface area contributed by atoms with Crippen molar-refractivity contribution in [3.05, 3.63) is 47.2 Å². The van der Waals surface area contributed by atoms with Crippen LogP contribution in [0.2, 0.25) is 24.7 Å². The summed E-state index contributed by atoms with van der Waals surface area (Å²) in [6.45, 7) is 10.6. The Balaban J connectivity index is 0.00000342. The Bertz CT molecular complexity index is 1120. The minimum atomic E-state index is -1.75. The molecule has 3 amide bonds. The Morgan fingerprint density at radius 2 is 1.77 bits per heavy atom. The van der Waals surface area contributed by atoms with E-state index < -0.39 is 31.7 Å². The first-order valence-corrected chi connectivity index (χ1v) is 15.1. The van der Waals surface area contributed by atoms with Gasteiger partial charge in [-0.3, -0.25) is 9.89 Å². The van der Waals surface area contributed by atoms with Gasteiger partial charge in [0.1, 0.15) is 0 Å². The van der Waals surface area contributed by atoms with Gasteiger partial charge >= 0.3 is 35.6 Å². The number of rotatable bonds is 6. The van der Waals surface area contributed by atoms with Crippen molar-refractivity contribution in [3.8, 4) is 0 Å². The molecule has 2 aromatic rings. The Hall–Kier alpha value is -2.14. The second-order valence-electron chi connectivity index (χ2n) is 10.8. The normalized spacial score (nSPS) is 18.5. The van der Waals surface area contributed by atoms with E-state index in [0.29, 0.717) is 11.4 Å². The molecule has 0 bridgehead atoms. The van der Waals surface area contributed by atoms with Crippen molar-refractivity contribution < 1.29 is 49.0 Å². The van der Waals surface area contributed by atoms with Crippen LogP contribution >= 0.6 is 0 Å². The van der Waals surface area contributed by atoms with E-state index in [2.05, 4.69) is 40.5 Å². The molecule has 1 aromatic heterocycles. The number of fused-ring (bicyclic) bond motifs is 1. The number of amides is 3. The van der Waals surface area contributed by atoms with Crippen molar-refractivity contribution in [1.29, 1.82) is 0 Å². The first-order chi connectivity index (χ1) is 15.9. The van der Waals surface area contributed by atoms with Crippen molar-refractivity contribution >= 4 is 31.8 Å². The first kappa shape index (κ1) is 27.4. The quantitative estimate of drug-likeness (QED) is 0.471. The molecule has 0 spiro atoms. The molecule has 182 valence electrons. The number of anilines is 1. The molecule has 3 N–H and O–H groups in total. The van der Waals surface area contributed by atoms with E-state index in [-0.39, 0.29) is 47.0 Å².